The summed E-state index contributed by atoms with van der Waals surface area (Å²) in [4.78, 5) is 0. The van der Waals surface area contributed by atoms with E-state index in [-0.39, 0.29) is 0 Å². The zero-order chi connectivity index (χ0) is 7.66. The maximum absolute atomic E-state index is 5.29. The zero-order valence-electron chi connectivity index (χ0n) is 6.73. The Hall–Kier alpha value is -0.120. The van der Waals surface area contributed by atoms with Crippen LogP contribution in [0.3, 0.4) is 0 Å². The van der Waals surface area contributed by atoms with Crippen LogP contribution in [0.25, 0.3) is 0 Å². The van der Waals surface area contributed by atoms with E-state index in [2.05, 4.69) is 12.2 Å². The minimum atomic E-state index is 0.661. The topological polar surface area (TPSA) is 47.3 Å². The molecule has 0 aliphatic heterocycles. The lowest BCUT2D eigenvalue weighted by atomic mass is 10.4. The summed E-state index contributed by atoms with van der Waals surface area (Å²) in [6.07, 6.45) is 2.11. The molecule has 0 atom stereocenters. The molecule has 0 spiro atoms. The second-order valence-corrected chi connectivity index (χ2v) is 2.19. The van der Waals surface area contributed by atoms with Gasteiger partial charge >= 0.3 is 0 Å². The predicted molar refractivity (Wildman–Crippen MR) is 42.8 cm³/mol. The van der Waals surface area contributed by atoms with Crippen molar-refractivity contribution in [3.8, 4) is 0 Å². The third-order valence-electron chi connectivity index (χ3n) is 1.11. The SMILES string of the molecule is CCCOCNCCCN. The van der Waals surface area contributed by atoms with Gasteiger partial charge in [-0.2, -0.15) is 0 Å². The summed E-state index contributed by atoms with van der Waals surface area (Å²) in [7, 11) is 0. The monoisotopic (exact) mass is 146 g/mol. The van der Waals surface area contributed by atoms with E-state index in [9.17, 15) is 0 Å². The molecule has 10 heavy (non-hydrogen) atoms. The molecule has 0 amide bonds. The fourth-order valence-corrected chi connectivity index (χ4v) is 0.588. The second kappa shape index (κ2) is 8.88. The van der Waals surface area contributed by atoms with Crippen LogP contribution in [-0.4, -0.2) is 26.4 Å². The van der Waals surface area contributed by atoms with Crippen LogP contribution in [0.15, 0.2) is 0 Å². The highest BCUT2D eigenvalue weighted by Crippen LogP contribution is 1.77. The van der Waals surface area contributed by atoms with Gasteiger partial charge in [-0.15, -0.1) is 0 Å². The molecular weight excluding hydrogens is 128 g/mol. The lowest BCUT2D eigenvalue weighted by molar-refractivity contribution is 0.117. The molecule has 0 aromatic carbocycles. The van der Waals surface area contributed by atoms with E-state index in [4.69, 9.17) is 10.5 Å². The van der Waals surface area contributed by atoms with Gasteiger partial charge in [0.05, 0.1) is 6.73 Å². The van der Waals surface area contributed by atoms with Gasteiger partial charge < -0.3 is 10.5 Å². The maximum Gasteiger partial charge on any atom is 0.0965 e. The van der Waals surface area contributed by atoms with Crippen LogP contribution < -0.4 is 11.1 Å². The summed E-state index contributed by atoms with van der Waals surface area (Å²) in [5.41, 5.74) is 5.29. The van der Waals surface area contributed by atoms with Crippen molar-refractivity contribution in [3.63, 3.8) is 0 Å². The highest BCUT2D eigenvalue weighted by Gasteiger charge is 1.84. The van der Waals surface area contributed by atoms with Gasteiger partial charge in [0.1, 0.15) is 0 Å². The normalized spacial score (nSPS) is 10.2. The first-order valence-electron chi connectivity index (χ1n) is 3.90. The molecule has 0 heterocycles. The Morgan fingerprint density at radius 1 is 1.50 bits per heavy atom. The number of nitrogens with two attached hydrogens (primary N) is 1. The van der Waals surface area contributed by atoms with E-state index in [0.29, 0.717) is 6.73 Å². The Kier molecular flexibility index (Phi) is 8.77. The molecule has 3 N–H and O–H groups in total. The van der Waals surface area contributed by atoms with Crippen molar-refractivity contribution in [2.24, 2.45) is 5.73 Å². The van der Waals surface area contributed by atoms with Crippen molar-refractivity contribution in [1.82, 2.24) is 5.32 Å². The molecule has 0 saturated heterocycles. The largest absolute Gasteiger partial charge is 0.366 e. The molecule has 0 aliphatic rings. The molecule has 0 unspecified atom stereocenters. The van der Waals surface area contributed by atoms with Gasteiger partial charge in [-0.1, -0.05) is 6.92 Å². The fraction of sp³-hybridized carbons (Fsp3) is 1.00. The molecule has 0 fully saturated rings. The first kappa shape index (κ1) is 9.88. The quantitative estimate of drug-likeness (QED) is 0.401. The maximum atomic E-state index is 5.29. The molecular formula is C7H18N2O. The summed E-state index contributed by atoms with van der Waals surface area (Å²) in [6.45, 7) is 5.31. The Balaban J connectivity index is 2.65. The summed E-state index contributed by atoms with van der Waals surface area (Å²) in [6, 6.07) is 0. The molecule has 0 radical (unpaired) electrons. The van der Waals surface area contributed by atoms with E-state index in [1.165, 1.54) is 0 Å². The van der Waals surface area contributed by atoms with Crippen LogP contribution in [0.4, 0.5) is 0 Å². The van der Waals surface area contributed by atoms with Gasteiger partial charge in [0.2, 0.25) is 0 Å². The van der Waals surface area contributed by atoms with Gasteiger partial charge in [0.15, 0.2) is 0 Å². The smallest absolute Gasteiger partial charge is 0.0965 e. The van der Waals surface area contributed by atoms with E-state index < -0.39 is 0 Å². The minimum Gasteiger partial charge on any atom is -0.366 e. The number of rotatable bonds is 7. The Morgan fingerprint density at radius 3 is 2.90 bits per heavy atom. The van der Waals surface area contributed by atoms with Crippen molar-refractivity contribution in [2.75, 3.05) is 26.4 Å². The van der Waals surface area contributed by atoms with Gasteiger partial charge in [0, 0.05) is 6.61 Å². The van der Waals surface area contributed by atoms with Crippen LogP contribution >= 0.6 is 0 Å². The van der Waals surface area contributed by atoms with Crippen LogP contribution in [0.1, 0.15) is 19.8 Å². The molecule has 3 nitrogen and oxygen atoms in total. The third-order valence-corrected chi connectivity index (χ3v) is 1.11. The van der Waals surface area contributed by atoms with E-state index in [1.54, 1.807) is 0 Å². The van der Waals surface area contributed by atoms with Crippen molar-refractivity contribution in [2.45, 2.75) is 19.8 Å². The summed E-state index contributed by atoms with van der Waals surface area (Å²) >= 11 is 0. The molecule has 0 bridgehead atoms. The van der Waals surface area contributed by atoms with Crippen LogP contribution in [0.2, 0.25) is 0 Å². The van der Waals surface area contributed by atoms with Gasteiger partial charge in [-0.25, -0.2) is 0 Å². The molecule has 0 aliphatic carbocycles. The number of nitrogens with one attached hydrogen (secondary N) is 1. The number of ether oxygens (including phenoxy) is 1. The highest BCUT2D eigenvalue weighted by atomic mass is 16.5. The van der Waals surface area contributed by atoms with Crippen LogP contribution in [0.5, 0.6) is 0 Å². The Labute approximate surface area is 62.9 Å². The third kappa shape index (κ3) is 7.88. The molecule has 0 aromatic rings. The summed E-state index contributed by atoms with van der Waals surface area (Å²) in [5, 5.41) is 3.12. The number of hydrogen-bond donors (Lipinski definition) is 2. The van der Waals surface area contributed by atoms with Gasteiger partial charge in [0.25, 0.3) is 0 Å². The first-order valence-corrected chi connectivity index (χ1v) is 3.90. The Morgan fingerprint density at radius 2 is 2.30 bits per heavy atom. The van der Waals surface area contributed by atoms with Crippen LogP contribution in [-0.2, 0) is 4.74 Å². The predicted octanol–water partition coefficient (Wildman–Crippen LogP) is 0.309. The molecule has 0 saturated carbocycles. The van der Waals surface area contributed by atoms with Crippen molar-refractivity contribution in [1.29, 1.82) is 0 Å². The van der Waals surface area contributed by atoms with Crippen molar-refractivity contribution >= 4 is 0 Å². The average Bonchev–Trinajstić information content (AvgIpc) is 1.97. The summed E-state index contributed by atoms with van der Waals surface area (Å²) < 4.78 is 5.18. The number of hydrogen-bond acceptors (Lipinski definition) is 3. The van der Waals surface area contributed by atoms with E-state index >= 15 is 0 Å². The zero-order valence-corrected chi connectivity index (χ0v) is 6.73. The van der Waals surface area contributed by atoms with E-state index in [1.807, 2.05) is 0 Å². The van der Waals surface area contributed by atoms with Gasteiger partial charge in [-0.05, 0) is 25.9 Å². The van der Waals surface area contributed by atoms with Crippen LogP contribution in [0, 0.1) is 0 Å². The lowest BCUT2D eigenvalue weighted by Gasteiger charge is -2.03. The van der Waals surface area contributed by atoms with Crippen molar-refractivity contribution in [3.05, 3.63) is 0 Å². The standard InChI is InChI=1S/C7H18N2O/c1-2-6-10-7-9-5-3-4-8/h9H,2-8H2,1H3. The summed E-state index contributed by atoms with van der Waals surface area (Å²) in [5.74, 6) is 0. The minimum absolute atomic E-state index is 0.661. The average molecular weight is 146 g/mol. The van der Waals surface area contributed by atoms with Crippen molar-refractivity contribution < 1.29 is 4.74 Å². The molecule has 0 aromatic heterocycles. The van der Waals surface area contributed by atoms with Gasteiger partial charge in [-0.3, -0.25) is 5.32 Å². The Bertz CT molecular complexity index is 51.6. The highest BCUT2D eigenvalue weighted by molar-refractivity contribution is 4.41. The molecule has 0 rings (SSSR count). The molecule has 62 valence electrons. The van der Waals surface area contributed by atoms with E-state index in [0.717, 1.165) is 32.5 Å². The lowest BCUT2D eigenvalue weighted by Crippen LogP contribution is -2.21. The first-order chi connectivity index (χ1) is 4.91. The molecule has 3 heteroatoms. The fourth-order valence-electron chi connectivity index (χ4n) is 0.588. The second-order valence-electron chi connectivity index (χ2n) is 2.19.